The molecule has 0 radical (unpaired) electrons. The van der Waals surface area contributed by atoms with E-state index in [0.717, 1.165) is 13.1 Å². The Kier molecular flexibility index (Phi) is 3.77. The van der Waals surface area contributed by atoms with Gasteiger partial charge in [-0.3, -0.25) is 0 Å². The average Bonchev–Trinajstić information content (AvgIpc) is 2.56. The smallest absolute Gasteiger partial charge is 0.231 e. The van der Waals surface area contributed by atoms with Crippen LogP contribution < -0.4 is 10.2 Å². The lowest BCUT2D eigenvalue weighted by molar-refractivity contribution is 0.726. The van der Waals surface area contributed by atoms with E-state index in [1.807, 2.05) is 0 Å². The fraction of sp³-hybridized carbons (Fsp3) is 0.700. The van der Waals surface area contributed by atoms with Crippen LogP contribution in [-0.2, 0) is 0 Å². The molecule has 16 heavy (non-hydrogen) atoms. The maximum Gasteiger partial charge on any atom is 0.231 e. The number of nitrogens with zero attached hydrogens (tertiary/aromatic N) is 4. The second kappa shape index (κ2) is 5.30. The summed E-state index contributed by atoms with van der Waals surface area (Å²) in [5.74, 6) is 1.21. The van der Waals surface area contributed by atoms with E-state index in [4.69, 9.17) is 11.6 Å². The van der Waals surface area contributed by atoms with Crippen LogP contribution in [0.5, 0.6) is 0 Å². The molecule has 1 saturated heterocycles. The molecule has 0 aliphatic carbocycles. The Bertz CT molecular complexity index is 349. The largest absolute Gasteiger partial charge is 0.357 e. The summed E-state index contributed by atoms with van der Waals surface area (Å²) in [6.45, 7) is 2.01. The van der Waals surface area contributed by atoms with Gasteiger partial charge in [0.05, 0.1) is 0 Å². The molecule has 1 aromatic heterocycles. The number of nitrogens with one attached hydrogen (secondary N) is 1. The first-order valence-electron chi connectivity index (χ1n) is 5.64. The van der Waals surface area contributed by atoms with Crippen molar-refractivity contribution in [2.45, 2.75) is 25.7 Å². The van der Waals surface area contributed by atoms with E-state index in [9.17, 15) is 0 Å². The van der Waals surface area contributed by atoms with Gasteiger partial charge in [-0.05, 0) is 24.4 Å². The maximum atomic E-state index is 5.86. The zero-order valence-corrected chi connectivity index (χ0v) is 10.2. The highest BCUT2D eigenvalue weighted by atomic mass is 35.5. The molecule has 0 aromatic carbocycles. The van der Waals surface area contributed by atoms with Crippen LogP contribution in [0, 0.1) is 0 Å². The van der Waals surface area contributed by atoms with E-state index in [1.165, 1.54) is 25.7 Å². The molecule has 5 nitrogen and oxygen atoms in total. The molecule has 0 bridgehead atoms. The van der Waals surface area contributed by atoms with Gasteiger partial charge in [-0.1, -0.05) is 12.8 Å². The van der Waals surface area contributed by atoms with Crippen molar-refractivity contribution in [1.29, 1.82) is 0 Å². The van der Waals surface area contributed by atoms with E-state index < -0.39 is 0 Å². The monoisotopic (exact) mass is 241 g/mol. The molecule has 0 spiro atoms. The van der Waals surface area contributed by atoms with Gasteiger partial charge in [0.1, 0.15) is 0 Å². The topological polar surface area (TPSA) is 53.9 Å². The van der Waals surface area contributed by atoms with E-state index in [-0.39, 0.29) is 5.28 Å². The summed E-state index contributed by atoms with van der Waals surface area (Å²) in [5.41, 5.74) is 0. The molecular weight excluding hydrogens is 226 g/mol. The lowest BCUT2D eigenvalue weighted by atomic mass is 10.2. The van der Waals surface area contributed by atoms with E-state index in [1.54, 1.807) is 7.05 Å². The van der Waals surface area contributed by atoms with Gasteiger partial charge in [0.15, 0.2) is 0 Å². The molecule has 6 heteroatoms. The highest BCUT2D eigenvalue weighted by Crippen LogP contribution is 2.17. The summed E-state index contributed by atoms with van der Waals surface area (Å²) >= 11 is 5.86. The maximum absolute atomic E-state index is 5.86. The highest BCUT2D eigenvalue weighted by molar-refractivity contribution is 6.28. The van der Waals surface area contributed by atoms with E-state index in [2.05, 4.69) is 25.2 Å². The number of hydrogen-bond donors (Lipinski definition) is 1. The number of hydrogen-bond acceptors (Lipinski definition) is 5. The SMILES string of the molecule is CNc1nc(Cl)nc(N2CCCCCC2)n1. The molecule has 1 aliphatic rings. The molecule has 1 aliphatic heterocycles. The van der Waals surface area contributed by atoms with Gasteiger partial charge >= 0.3 is 0 Å². The third kappa shape index (κ3) is 2.72. The summed E-state index contributed by atoms with van der Waals surface area (Å²) in [5, 5.41) is 3.14. The Balaban J connectivity index is 2.20. The summed E-state index contributed by atoms with van der Waals surface area (Å²) in [7, 11) is 1.78. The minimum Gasteiger partial charge on any atom is -0.357 e. The zero-order chi connectivity index (χ0) is 11.4. The predicted molar refractivity (Wildman–Crippen MR) is 65.1 cm³/mol. The van der Waals surface area contributed by atoms with Crippen LogP contribution >= 0.6 is 11.6 Å². The average molecular weight is 242 g/mol. The second-order valence-corrected chi connectivity index (χ2v) is 4.22. The van der Waals surface area contributed by atoms with Crippen LogP contribution in [0.4, 0.5) is 11.9 Å². The van der Waals surface area contributed by atoms with Gasteiger partial charge in [0.2, 0.25) is 17.2 Å². The molecule has 0 saturated carbocycles. The first-order chi connectivity index (χ1) is 7.79. The van der Waals surface area contributed by atoms with Crippen molar-refractivity contribution < 1.29 is 0 Å². The van der Waals surface area contributed by atoms with Crippen LogP contribution in [0.15, 0.2) is 0 Å². The van der Waals surface area contributed by atoms with Crippen molar-refractivity contribution in [3.05, 3.63) is 5.28 Å². The van der Waals surface area contributed by atoms with Gasteiger partial charge in [-0.25, -0.2) is 0 Å². The third-order valence-corrected chi connectivity index (χ3v) is 2.88. The fourth-order valence-corrected chi connectivity index (χ4v) is 2.02. The first-order valence-corrected chi connectivity index (χ1v) is 6.01. The number of anilines is 2. The summed E-state index contributed by atoms with van der Waals surface area (Å²) < 4.78 is 0. The molecule has 1 aromatic rings. The Morgan fingerprint density at radius 2 is 1.75 bits per heavy atom. The standard InChI is InChI=1S/C10H16ClN5/c1-12-9-13-8(11)14-10(15-9)16-6-4-2-3-5-7-16/h2-7H2,1H3,(H,12,13,14,15). The molecule has 0 unspecified atom stereocenters. The Morgan fingerprint density at radius 3 is 2.38 bits per heavy atom. The van der Waals surface area contributed by atoms with Gasteiger partial charge in [-0.15, -0.1) is 0 Å². The lowest BCUT2D eigenvalue weighted by Gasteiger charge is -2.20. The predicted octanol–water partition coefficient (Wildman–Crippen LogP) is 1.95. The van der Waals surface area contributed by atoms with Gasteiger partial charge < -0.3 is 10.2 Å². The van der Waals surface area contributed by atoms with Gasteiger partial charge in [0.25, 0.3) is 0 Å². The van der Waals surface area contributed by atoms with Crippen LogP contribution in [0.3, 0.4) is 0 Å². The normalized spacial score (nSPS) is 17.0. The van der Waals surface area contributed by atoms with Crippen molar-refractivity contribution in [3.63, 3.8) is 0 Å². The molecule has 2 rings (SSSR count). The molecular formula is C10H16ClN5. The minimum atomic E-state index is 0.249. The van der Waals surface area contributed by atoms with E-state index in [0.29, 0.717) is 11.9 Å². The van der Waals surface area contributed by atoms with Gasteiger partial charge in [-0.2, -0.15) is 15.0 Å². The first kappa shape index (κ1) is 11.4. The van der Waals surface area contributed by atoms with Crippen molar-refractivity contribution >= 4 is 23.5 Å². The molecule has 0 amide bonds. The zero-order valence-electron chi connectivity index (χ0n) is 9.41. The third-order valence-electron chi connectivity index (χ3n) is 2.71. The fourth-order valence-electron chi connectivity index (χ4n) is 1.86. The van der Waals surface area contributed by atoms with Crippen LogP contribution in [0.25, 0.3) is 0 Å². The number of aromatic nitrogens is 3. The quantitative estimate of drug-likeness (QED) is 0.858. The van der Waals surface area contributed by atoms with Crippen molar-refractivity contribution in [1.82, 2.24) is 15.0 Å². The number of rotatable bonds is 2. The molecule has 1 N–H and O–H groups in total. The van der Waals surface area contributed by atoms with Crippen LogP contribution in [0.1, 0.15) is 25.7 Å². The minimum absolute atomic E-state index is 0.249. The van der Waals surface area contributed by atoms with Crippen molar-refractivity contribution in [2.24, 2.45) is 0 Å². The van der Waals surface area contributed by atoms with E-state index >= 15 is 0 Å². The molecule has 1 fully saturated rings. The van der Waals surface area contributed by atoms with Gasteiger partial charge in [0, 0.05) is 20.1 Å². The molecule has 88 valence electrons. The Morgan fingerprint density at radius 1 is 1.06 bits per heavy atom. The Labute approximate surface area is 100 Å². The summed E-state index contributed by atoms with van der Waals surface area (Å²) in [6.07, 6.45) is 4.96. The molecule has 0 atom stereocenters. The lowest BCUT2D eigenvalue weighted by Crippen LogP contribution is -2.26. The Hall–Kier alpha value is -1.10. The number of halogens is 1. The highest BCUT2D eigenvalue weighted by Gasteiger charge is 2.14. The second-order valence-electron chi connectivity index (χ2n) is 3.88. The van der Waals surface area contributed by atoms with Crippen molar-refractivity contribution in [2.75, 3.05) is 30.4 Å². The van der Waals surface area contributed by atoms with Crippen LogP contribution in [-0.4, -0.2) is 35.1 Å². The summed E-state index contributed by atoms with van der Waals surface area (Å²) in [4.78, 5) is 14.7. The van der Waals surface area contributed by atoms with Crippen LogP contribution in [0.2, 0.25) is 5.28 Å². The molecule has 2 heterocycles. The van der Waals surface area contributed by atoms with Crippen molar-refractivity contribution in [3.8, 4) is 0 Å². The summed E-state index contributed by atoms with van der Waals surface area (Å²) in [6, 6.07) is 0.